The van der Waals surface area contributed by atoms with Gasteiger partial charge in [-0.2, -0.15) is 0 Å². The predicted molar refractivity (Wildman–Crippen MR) is 79.6 cm³/mol. The minimum Gasteiger partial charge on any atom is -0.464 e. The van der Waals surface area contributed by atoms with Crippen LogP contribution >= 0.6 is 11.6 Å². The van der Waals surface area contributed by atoms with Crippen molar-refractivity contribution in [2.24, 2.45) is 0 Å². The predicted octanol–water partition coefficient (Wildman–Crippen LogP) is 4.72. The van der Waals surface area contributed by atoms with Crippen LogP contribution in [0.1, 0.15) is 43.4 Å². The second-order valence-electron chi connectivity index (χ2n) is 4.69. The molecule has 108 valence electrons. The van der Waals surface area contributed by atoms with Crippen molar-refractivity contribution in [1.29, 1.82) is 0 Å². The monoisotopic (exact) mass is 295 g/mol. The number of halogens is 2. The summed E-state index contributed by atoms with van der Waals surface area (Å²) in [5.41, 5.74) is 0.517. The van der Waals surface area contributed by atoms with Gasteiger partial charge in [0, 0.05) is 12.0 Å². The summed E-state index contributed by atoms with van der Waals surface area (Å²) in [4.78, 5) is 0. The molecule has 0 bridgehead atoms. The summed E-state index contributed by atoms with van der Waals surface area (Å²) in [5, 5.41) is 3.45. The van der Waals surface area contributed by atoms with Crippen LogP contribution in [0.15, 0.2) is 34.7 Å². The lowest BCUT2D eigenvalue weighted by Gasteiger charge is -2.18. The van der Waals surface area contributed by atoms with Gasteiger partial charge < -0.3 is 9.73 Å². The van der Waals surface area contributed by atoms with Crippen molar-refractivity contribution in [2.75, 3.05) is 6.54 Å². The number of hydrogen-bond acceptors (Lipinski definition) is 2. The molecule has 1 aromatic heterocycles. The van der Waals surface area contributed by atoms with Crippen molar-refractivity contribution in [2.45, 2.75) is 32.7 Å². The molecule has 2 nitrogen and oxygen atoms in total. The Morgan fingerprint density at radius 3 is 2.70 bits per heavy atom. The number of rotatable bonds is 6. The van der Waals surface area contributed by atoms with Gasteiger partial charge in [-0.15, -0.1) is 0 Å². The van der Waals surface area contributed by atoms with Gasteiger partial charge in [0.2, 0.25) is 0 Å². The molecule has 1 atom stereocenters. The molecule has 0 saturated heterocycles. The van der Waals surface area contributed by atoms with Crippen molar-refractivity contribution in [1.82, 2.24) is 5.32 Å². The van der Waals surface area contributed by atoms with Crippen molar-refractivity contribution in [3.8, 4) is 0 Å². The van der Waals surface area contributed by atoms with E-state index < -0.39 is 5.82 Å². The molecule has 2 aromatic rings. The first-order valence-corrected chi connectivity index (χ1v) is 7.31. The van der Waals surface area contributed by atoms with Gasteiger partial charge in [-0.05, 0) is 31.2 Å². The van der Waals surface area contributed by atoms with E-state index in [9.17, 15) is 4.39 Å². The van der Waals surface area contributed by atoms with E-state index in [4.69, 9.17) is 16.0 Å². The first-order chi connectivity index (χ1) is 9.67. The van der Waals surface area contributed by atoms with Gasteiger partial charge in [-0.25, -0.2) is 4.39 Å². The molecule has 2 rings (SSSR count). The zero-order chi connectivity index (χ0) is 14.5. The third kappa shape index (κ3) is 3.22. The number of furan rings is 1. The quantitative estimate of drug-likeness (QED) is 0.834. The highest BCUT2D eigenvalue weighted by Gasteiger charge is 2.21. The minimum atomic E-state index is -0.391. The Morgan fingerprint density at radius 2 is 2.05 bits per heavy atom. The molecule has 20 heavy (non-hydrogen) atoms. The van der Waals surface area contributed by atoms with Crippen molar-refractivity contribution in [3.05, 3.63) is 58.3 Å². The summed E-state index contributed by atoms with van der Waals surface area (Å²) < 4.78 is 20.0. The molecule has 1 heterocycles. The van der Waals surface area contributed by atoms with E-state index in [-0.39, 0.29) is 11.1 Å². The van der Waals surface area contributed by atoms with E-state index in [1.807, 2.05) is 19.1 Å². The van der Waals surface area contributed by atoms with Crippen LogP contribution in [0.5, 0.6) is 0 Å². The van der Waals surface area contributed by atoms with Crippen molar-refractivity contribution < 1.29 is 8.81 Å². The van der Waals surface area contributed by atoms with Gasteiger partial charge in [-0.1, -0.05) is 37.6 Å². The number of hydrogen-bond donors (Lipinski definition) is 1. The van der Waals surface area contributed by atoms with Crippen LogP contribution in [0.2, 0.25) is 5.02 Å². The molecule has 1 unspecified atom stereocenters. The van der Waals surface area contributed by atoms with Crippen LogP contribution in [0.3, 0.4) is 0 Å². The molecule has 1 N–H and O–H groups in total. The zero-order valence-corrected chi connectivity index (χ0v) is 12.5. The van der Waals surface area contributed by atoms with Crippen LogP contribution in [-0.2, 0) is 6.42 Å². The fourth-order valence-electron chi connectivity index (χ4n) is 2.14. The molecule has 0 aliphatic rings. The Kier molecular flexibility index (Phi) is 5.21. The lowest BCUT2D eigenvalue weighted by Crippen LogP contribution is -2.23. The highest BCUT2D eigenvalue weighted by atomic mass is 35.5. The van der Waals surface area contributed by atoms with E-state index in [0.717, 1.165) is 30.9 Å². The summed E-state index contributed by atoms with van der Waals surface area (Å²) >= 11 is 5.88. The second-order valence-corrected chi connectivity index (χ2v) is 5.10. The maximum atomic E-state index is 14.2. The molecule has 0 amide bonds. The number of aryl methyl sites for hydroxylation is 1. The second kappa shape index (κ2) is 6.91. The summed E-state index contributed by atoms with van der Waals surface area (Å²) in [6.45, 7) is 4.87. The molecular formula is C16H19ClFNO. The van der Waals surface area contributed by atoms with E-state index in [1.54, 1.807) is 18.2 Å². The Morgan fingerprint density at radius 1 is 1.25 bits per heavy atom. The Bertz CT molecular complexity index is 567. The van der Waals surface area contributed by atoms with E-state index >= 15 is 0 Å². The first-order valence-electron chi connectivity index (χ1n) is 6.93. The molecular weight excluding hydrogens is 277 g/mol. The number of benzene rings is 1. The normalized spacial score (nSPS) is 12.6. The third-order valence-electron chi connectivity index (χ3n) is 3.21. The summed E-state index contributed by atoms with van der Waals surface area (Å²) in [7, 11) is 0. The fraction of sp³-hybridized carbons (Fsp3) is 0.375. The lowest BCUT2D eigenvalue weighted by atomic mass is 10.0. The first kappa shape index (κ1) is 15.1. The Hall–Kier alpha value is -1.32. The summed E-state index contributed by atoms with van der Waals surface area (Å²) in [5.74, 6) is 1.22. The van der Waals surface area contributed by atoms with Gasteiger partial charge in [0.15, 0.2) is 0 Å². The maximum absolute atomic E-state index is 14.2. The largest absolute Gasteiger partial charge is 0.464 e. The van der Waals surface area contributed by atoms with Crippen LogP contribution in [-0.4, -0.2) is 6.54 Å². The minimum absolute atomic E-state index is 0.132. The lowest BCUT2D eigenvalue weighted by molar-refractivity contribution is 0.414. The molecule has 0 radical (unpaired) electrons. The van der Waals surface area contributed by atoms with Gasteiger partial charge >= 0.3 is 0 Å². The molecule has 0 aliphatic heterocycles. The molecule has 4 heteroatoms. The maximum Gasteiger partial charge on any atom is 0.147 e. The number of nitrogens with one attached hydrogen (secondary N) is 1. The van der Waals surface area contributed by atoms with Gasteiger partial charge in [0.25, 0.3) is 0 Å². The smallest absolute Gasteiger partial charge is 0.147 e. The highest BCUT2D eigenvalue weighted by Crippen LogP contribution is 2.29. The average Bonchev–Trinajstić information content (AvgIpc) is 2.92. The van der Waals surface area contributed by atoms with E-state index in [1.165, 1.54) is 0 Å². The van der Waals surface area contributed by atoms with E-state index in [0.29, 0.717) is 5.56 Å². The topological polar surface area (TPSA) is 25.2 Å². The van der Waals surface area contributed by atoms with E-state index in [2.05, 4.69) is 12.2 Å². The SMILES string of the molecule is CCCNC(c1ccc(CC)o1)c1cccc(Cl)c1F. The highest BCUT2D eigenvalue weighted by molar-refractivity contribution is 6.30. The van der Waals surface area contributed by atoms with Crippen molar-refractivity contribution >= 4 is 11.6 Å². The van der Waals surface area contributed by atoms with Crippen LogP contribution < -0.4 is 5.32 Å². The molecule has 0 saturated carbocycles. The fourth-order valence-corrected chi connectivity index (χ4v) is 2.32. The molecule has 0 aliphatic carbocycles. The summed E-state index contributed by atoms with van der Waals surface area (Å²) in [6.07, 6.45) is 1.78. The van der Waals surface area contributed by atoms with Crippen LogP contribution in [0, 0.1) is 5.82 Å². The molecule has 0 spiro atoms. The van der Waals surface area contributed by atoms with Crippen molar-refractivity contribution in [3.63, 3.8) is 0 Å². The molecule has 1 aromatic carbocycles. The standard InChI is InChI=1S/C16H19ClFNO/c1-3-10-19-16(14-9-8-11(4-2)20-14)12-6-5-7-13(17)15(12)18/h5-9,16,19H,3-4,10H2,1-2H3. The van der Waals surface area contributed by atoms with Gasteiger partial charge in [-0.3, -0.25) is 0 Å². The van der Waals surface area contributed by atoms with Gasteiger partial charge in [0.1, 0.15) is 17.3 Å². The molecule has 0 fully saturated rings. The zero-order valence-electron chi connectivity index (χ0n) is 11.7. The van der Waals surface area contributed by atoms with Gasteiger partial charge in [0.05, 0.1) is 11.1 Å². The third-order valence-corrected chi connectivity index (χ3v) is 3.50. The Labute approximate surface area is 123 Å². The average molecular weight is 296 g/mol. The van der Waals surface area contributed by atoms with Crippen LogP contribution in [0.25, 0.3) is 0 Å². The van der Waals surface area contributed by atoms with Crippen LogP contribution in [0.4, 0.5) is 4.39 Å². The summed E-state index contributed by atoms with van der Waals surface area (Å²) in [6, 6.07) is 8.56. The Balaban J connectivity index is 2.38.